The van der Waals surface area contributed by atoms with Gasteiger partial charge in [0.15, 0.2) is 6.04 Å². The Labute approximate surface area is 114 Å². The van der Waals surface area contributed by atoms with Gasteiger partial charge in [0.25, 0.3) is 0 Å². The number of rotatable bonds is 5. The van der Waals surface area contributed by atoms with Crippen LogP contribution >= 0.6 is 0 Å². The highest BCUT2D eigenvalue weighted by molar-refractivity contribution is 5.95. The van der Waals surface area contributed by atoms with E-state index < -0.39 is 36.1 Å². The molecule has 0 saturated carbocycles. The van der Waals surface area contributed by atoms with Gasteiger partial charge >= 0.3 is 11.9 Å². The van der Waals surface area contributed by atoms with E-state index in [1.54, 1.807) is 0 Å². The lowest BCUT2D eigenvalue weighted by atomic mass is 10.1. The molecule has 6 nitrogen and oxygen atoms in total. The number of hydrogen-bond acceptors (Lipinski definition) is 4. The molecule has 0 aliphatic heterocycles. The molecule has 1 atom stereocenters. The van der Waals surface area contributed by atoms with Gasteiger partial charge in [0.05, 0.1) is 7.11 Å². The third-order valence-corrected chi connectivity index (χ3v) is 2.69. The predicted molar refractivity (Wildman–Crippen MR) is 66.2 cm³/mol. The van der Waals surface area contributed by atoms with E-state index in [0.717, 1.165) is 24.1 Å². The van der Waals surface area contributed by atoms with Crippen LogP contribution in [0, 0.1) is 5.82 Å². The number of hydrogen-bond donors (Lipinski definition) is 1. The van der Waals surface area contributed by atoms with Crippen molar-refractivity contribution in [3.63, 3.8) is 0 Å². The molecule has 1 rings (SSSR count). The van der Waals surface area contributed by atoms with E-state index in [0.29, 0.717) is 5.56 Å². The van der Waals surface area contributed by atoms with E-state index >= 15 is 0 Å². The van der Waals surface area contributed by atoms with Crippen molar-refractivity contribution in [1.82, 2.24) is 4.90 Å². The fourth-order valence-corrected chi connectivity index (χ4v) is 1.67. The average Bonchev–Trinajstić information content (AvgIpc) is 2.40. The monoisotopic (exact) mass is 283 g/mol. The Balaban J connectivity index is 3.06. The van der Waals surface area contributed by atoms with Crippen molar-refractivity contribution in [2.24, 2.45) is 0 Å². The third kappa shape index (κ3) is 3.78. The van der Waals surface area contributed by atoms with Gasteiger partial charge in [0, 0.05) is 7.05 Å². The molecule has 0 aliphatic carbocycles. The minimum absolute atomic E-state index is 0.333. The van der Waals surface area contributed by atoms with Crippen LogP contribution in [0.2, 0.25) is 0 Å². The summed E-state index contributed by atoms with van der Waals surface area (Å²) in [7, 11) is 2.44. The van der Waals surface area contributed by atoms with Crippen LogP contribution in [0.5, 0.6) is 0 Å². The number of benzene rings is 1. The first-order chi connectivity index (χ1) is 9.36. The van der Waals surface area contributed by atoms with Crippen molar-refractivity contribution in [1.29, 1.82) is 0 Å². The van der Waals surface area contributed by atoms with Gasteiger partial charge < -0.3 is 14.7 Å². The van der Waals surface area contributed by atoms with Gasteiger partial charge in [0.1, 0.15) is 12.2 Å². The summed E-state index contributed by atoms with van der Waals surface area (Å²) in [6.45, 7) is 0. The number of likely N-dealkylation sites (N-methyl/N-ethyl adjacent to an activating group) is 1. The lowest BCUT2D eigenvalue weighted by Crippen LogP contribution is -2.37. The molecule has 0 fully saturated rings. The fourth-order valence-electron chi connectivity index (χ4n) is 1.67. The molecule has 0 radical (unpaired) electrons. The van der Waals surface area contributed by atoms with Gasteiger partial charge in [-0.25, -0.2) is 9.18 Å². The molecule has 0 spiro atoms. The molecule has 1 N–H and O–H groups in total. The number of nitrogens with zero attached hydrogens (tertiary/aromatic N) is 1. The second-order valence-corrected chi connectivity index (χ2v) is 4.05. The quantitative estimate of drug-likeness (QED) is 0.643. The maximum Gasteiger partial charge on any atom is 0.333 e. The van der Waals surface area contributed by atoms with Crippen LogP contribution in [0.3, 0.4) is 0 Å². The predicted octanol–water partition coefficient (Wildman–Crippen LogP) is 0.973. The highest BCUT2D eigenvalue weighted by atomic mass is 19.1. The number of halogens is 1. The number of carbonyl (C=O) groups excluding carboxylic acids is 2. The SMILES string of the molecule is COC(=O)C(c1ccc(F)cc1)N(C)C(=O)CC(=O)O. The van der Waals surface area contributed by atoms with Gasteiger partial charge in [-0.3, -0.25) is 9.59 Å². The second-order valence-electron chi connectivity index (χ2n) is 4.05. The van der Waals surface area contributed by atoms with Gasteiger partial charge in [-0.15, -0.1) is 0 Å². The zero-order valence-electron chi connectivity index (χ0n) is 11.0. The minimum atomic E-state index is -1.30. The van der Waals surface area contributed by atoms with Crippen LogP contribution in [-0.4, -0.2) is 42.0 Å². The zero-order valence-corrected chi connectivity index (χ0v) is 11.0. The Morgan fingerprint density at radius 2 is 1.85 bits per heavy atom. The Kier molecular flexibility index (Phi) is 5.19. The lowest BCUT2D eigenvalue weighted by molar-refractivity contribution is -0.154. The molecule has 1 amide bonds. The van der Waals surface area contributed by atoms with Gasteiger partial charge in [-0.2, -0.15) is 0 Å². The molecule has 1 unspecified atom stereocenters. The van der Waals surface area contributed by atoms with E-state index in [9.17, 15) is 18.8 Å². The lowest BCUT2D eigenvalue weighted by Gasteiger charge is -2.26. The van der Waals surface area contributed by atoms with Crippen molar-refractivity contribution in [3.8, 4) is 0 Å². The molecule has 1 aromatic rings. The van der Waals surface area contributed by atoms with Crippen LogP contribution < -0.4 is 0 Å². The Hall–Kier alpha value is -2.44. The summed E-state index contributed by atoms with van der Waals surface area (Å²) in [6.07, 6.45) is -0.745. The first kappa shape index (κ1) is 15.6. The molecular formula is C13H14FNO5. The highest BCUT2D eigenvalue weighted by Gasteiger charge is 2.30. The summed E-state index contributed by atoms with van der Waals surface area (Å²) in [4.78, 5) is 35.0. The smallest absolute Gasteiger partial charge is 0.333 e. The number of carboxylic acid groups (broad SMARTS) is 1. The number of carbonyl (C=O) groups is 3. The summed E-state index contributed by atoms with van der Waals surface area (Å²) in [5.41, 5.74) is 0.333. The van der Waals surface area contributed by atoms with Crippen molar-refractivity contribution < 1.29 is 28.6 Å². The fraction of sp³-hybridized carbons (Fsp3) is 0.308. The molecular weight excluding hydrogens is 269 g/mol. The zero-order chi connectivity index (χ0) is 15.3. The number of aliphatic carboxylic acids is 1. The molecule has 0 aliphatic rings. The normalized spacial score (nSPS) is 11.6. The van der Waals surface area contributed by atoms with E-state index in [-0.39, 0.29) is 0 Å². The Bertz CT molecular complexity index is 514. The van der Waals surface area contributed by atoms with Crippen molar-refractivity contribution in [2.75, 3.05) is 14.2 Å². The van der Waals surface area contributed by atoms with E-state index in [1.165, 1.54) is 19.2 Å². The molecule has 0 aromatic heterocycles. The number of carboxylic acids is 1. The summed E-state index contributed by atoms with van der Waals surface area (Å²) in [5.74, 6) is -3.28. The third-order valence-electron chi connectivity index (χ3n) is 2.69. The number of methoxy groups -OCH3 is 1. The Morgan fingerprint density at radius 1 is 1.30 bits per heavy atom. The molecule has 20 heavy (non-hydrogen) atoms. The van der Waals surface area contributed by atoms with Crippen LogP contribution in [0.1, 0.15) is 18.0 Å². The molecule has 0 heterocycles. The first-order valence-corrected chi connectivity index (χ1v) is 5.67. The van der Waals surface area contributed by atoms with Crippen LogP contribution in [0.4, 0.5) is 4.39 Å². The van der Waals surface area contributed by atoms with Crippen molar-refractivity contribution in [3.05, 3.63) is 35.6 Å². The molecule has 108 valence electrons. The van der Waals surface area contributed by atoms with E-state index in [2.05, 4.69) is 4.74 Å². The standard InChI is InChI=1S/C13H14FNO5/c1-15(10(16)7-11(17)18)12(13(19)20-2)8-3-5-9(14)6-4-8/h3-6,12H,7H2,1-2H3,(H,17,18). The maximum absolute atomic E-state index is 12.9. The summed E-state index contributed by atoms with van der Waals surface area (Å²) >= 11 is 0. The van der Waals surface area contributed by atoms with Gasteiger partial charge in [-0.1, -0.05) is 12.1 Å². The van der Waals surface area contributed by atoms with Gasteiger partial charge in [-0.05, 0) is 17.7 Å². The van der Waals surface area contributed by atoms with Crippen molar-refractivity contribution in [2.45, 2.75) is 12.5 Å². The molecule has 7 heteroatoms. The second kappa shape index (κ2) is 6.65. The topological polar surface area (TPSA) is 83.9 Å². The molecule has 0 bridgehead atoms. The summed E-state index contributed by atoms with van der Waals surface area (Å²) in [6, 6.07) is 3.83. The van der Waals surface area contributed by atoms with Crippen LogP contribution in [0.15, 0.2) is 24.3 Å². The van der Waals surface area contributed by atoms with E-state index in [4.69, 9.17) is 5.11 Å². The average molecular weight is 283 g/mol. The Morgan fingerprint density at radius 3 is 2.30 bits per heavy atom. The van der Waals surface area contributed by atoms with E-state index in [1.807, 2.05) is 0 Å². The molecule has 0 saturated heterocycles. The van der Waals surface area contributed by atoms with Crippen LogP contribution in [-0.2, 0) is 19.1 Å². The number of amides is 1. The molecule has 1 aromatic carbocycles. The largest absolute Gasteiger partial charge is 0.481 e. The maximum atomic E-state index is 12.9. The summed E-state index contributed by atoms with van der Waals surface area (Å²) in [5, 5.41) is 8.60. The van der Waals surface area contributed by atoms with Crippen molar-refractivity contribution >= 4 is 17.8 Å². The number of ether oxygens (including phenoxy) is 1. The minimum Gasteiger partial charge on any atom is -0.481 e. The first-order valence-electron chi connectivity index (χ1n) is 5.67. The highest BCUT2D eigenvalue weighted by Crippen LogP contribution is 2.22. The van der Waals surface area contributed by atoms with Gasteiger partial charge in [0.2, 0.25) is 5.91 Å². The van der Waals surface area contributed by atoms with Crippen LogP contribution in [0.25, 0.3) is 0 Å². The summed E-state index contributed by atoms with van der Waals surface area (Å²) < 4.78 is 17.5. The number of esters is 1.